The lowest BCUT2D eigenvalue weighted by Crippen LogP contribution is -2.49. The summed E-state index contributed by atoms with van der Waals surface area (Å²) in [6.45, 7) is 0. The van der Waals surface area contributed by atoms with Gasteiger partial charge in [0.2, 0.25) is 0 Å². The molecule has 0 saturated heterocycles. The molecular formula is C17H20O8. The van der Waals surface area contributed by atoms with Crippen molar-refractivity contribution >= 4 is 23.9 Å². The average molecular weight is 352 g/mol. The molecule has 0 unspecified atom stereocenters. The summed E-state index contributed by atoms with van der Waals surface area (Å²) in [6, 6.07) is 0. The number of esters is 4. The average Bonchev–Trinajstić information content (AvgIpc) is 3.37. The van der Waals surface area contributed by atoms with Crippen molar-refractivity contribution in [3.63, 3.8) is 0 Å². The lowest BCUT2D eigenvalue weighted by Gasteiger charge is -2.29. The van der Waals surface area contributed by atoms with E-state index in [4.69, 9.17) is 18.9 Å². The zero-order valence-electron chi connectivity index (χ0n) is 13.7. The fraction of sp³-hybridized carbons (Fsp3) is 0.765. The van der Waals surface area contributed by atoms with Gasteiger partial charge in [0, 0.05) is 0 Å². The molecule has 25 heavy (non-hydrogen) atoms. The molecule has 0 spiro atoms. The number of carbonyl (C=O) groups excluding carboxylic acids is 4. The SMILES string of the molecule is O=C(OC(OC(=O)C1CC1)(OC(=O)C1CC1)OC(=O)C1CC1)C1CC1. The van der Waals surface area contributed by atoms with E-state index in [2.05, 4.69) is 0 Å². The van der Waals surface area contributed by atoms with E-state index < -0.39 is 30.0 Å². The van der Waals surface area contributed by atoms with Crippen LogP contribution < -0.4 is 0 Å². The fourth-order valence-electron chi connectivity index (χ4n) is 2.23. The maximum atomic E-state index is 12.1. The Labute approximate surface area is 144 Å². The molecule has 0 aliphatic heterocycles. The number of hydrogen-bond acceptors (Lipinski definition) is 8. The van der Waals surface area contributed by atoms with Gasteiger partial charge in [0.15, 0.2) is 0 Å². The van der Waals surface area contributed by atoms with Gasteiger partial charge in [0.1, 0.15) is 0 Å². The van der Waals surface area contributed by atoms with Gasteiger partial charge in [-0.1, -0.05) is 0 Å². The lowest BCUT2D eigenvalue weighted by atomic mass is 10.4. The smallest absolute Gasteiger partial charge is 0.352 e. The summed E-state index contributed by atoms with van der Waals surface area (Å²) in [7, 11) is 0. The first-order valence-corrected chi connectivity index (χ1v) is 8.87. The molecule has 4 saturated carbocycles. The number of carbonyl (C=O) groups is 4. The second-order valence-corrected chi connectivity index (χ2v) is 7.28. The van der Waals surface area contributed by atoms with E-state index in [1.54, 1.807) is 0 Å². The van der Waals surface area contributed by atoms with E-state index in [0.717, 1.165) is 0 Å². The third-order valence-electron chi connectivity index (χ3n) is 4.55. The molecule has 0 atom stereocenters. The van der Waals surface area contributed by atoms with Crippen LogP contribution in [0.2, 0.25) is 0 Å². The number of ether oxygens (including phenoxy) is 4. The van der Waals surface area contributed by atoms with Crippen LogP contribution >= 0.6 is 0 Å². The highest BCUT2D eigenvalue weighted by Gasteiger charge is 2.56. The first-order chi connectivity index (χ1) is 12.0. The Kier molecular flexibility index (Phi) is 3.92. The summed E-state index contributed by atoms with van der Waals surface area (Å²) in [5.74, 6) is -4.19. The number of hydrogen-bond donors (Lipinski definition) is 0. The molecular weight excluding hydrogens is 332 g/mol. The van der Waals surface area contributed by atoms with Gasteiger partial charge in [-0.25, -0.2) is 0 Å². The molecule has 4 aliphatic rings. The Morgan fingerprint density at radius 1 is 0.480 bits per heavy atom. The van der Waals surface area contributed by atoms with Crippen molar-refractivity contribution in [1.29, 1.82) is 0 Å². The minimum Gasteiger partial charge on any atom is -0.352 e. The van der Waals surface area contributed by atoms with E-state index in [0.29, 0.717) is 51.4 Å². The first kappa shape index (κ1) is 16.4. The molecule has 0 aromatic rings. The minimum absolute atomic E-state index is 0.349. The molecule has 4 fully saturated rings. The standard InChI is InChI=1S/C17H20O8/c18-13(9-1-2-9)22-17(23-14(19)10-3-4-10,24-15(20)11-5-6-11)25-16(21)12-7-8-12/h9-12H,1-8H2. The summed E-state index contributed by atoms with van der Waals surface area (Å²) in [6.07, 6.45) is 2.38. The van der Waals surface area contributed by atoms with Crippen molar-refractivity contribution in [2.24, 2.45) is 23.7 Å². The second kappa shape index (κ2) is 6.00. The van der Waals surface area contributed by atoms with Crippen LogP contribution in [0.1, 0.15) is 51.4 Å². The van der Waals surface area contributed by atoms with Gasteiger partial charge in [-0.2, -0.15) is 0 Å². The van der Waals surface area contributed by atoms with Crippen molar-refractivity contribution in [2.75, 3.05) is 0 Å². The molecule has 4 rings (SSSR count). The van der Waals surface area contributed by atoms with Crippen molar-refractivity contribution < 1.29 is 38.1 Å². The van der Waals surface area contributed by atoms with E-state index >= 15 is 0 Å². The van der Waals surface area contributed by atoms with Crippen LogP contribution in [0.25, 0.3) is 0 Å². The molecule has 0 aromatic heterocycles. The molecule has 0 aromatic carbocycles. The maximum Gasteiger partial charge on any atom is 0.619 e. The molecule has 8 heteroatoms. The van der Waals surface area contributed by atoms with Crippen LogP contribution in [0.4, 0.5) is 0 Å². The largest absolute Gasteiger partial charge is 0.619 e. The molecule has 0 N–H and O–H groups in total. The van der Waals surface area contributed by atoms with Crippen molar-refractivity contribution in [3.05, 3.63) is 0 Å². The molecule has 0 radical (unpaired) electrons. The van der Waals surface area contributed by atoms with E-state index in [9.17, 15) is 19.2 Å². The van der Waals surface area contributed by atoms with Crippen molar-refractivity contribution in [3.8, 4) is 0 Å². The summed E-state index contributed by atoms with van der Waals surface area (Å²) < 4.78 is 20.6. The highest BCUT2D eigenvalue weighted by molar-refractivity contribution is 5.80. The highest BCUT2D eigenvalue weighted by atomic mass is 17.0. The Morgan fingerprint density at radius 3 is 0.840 bits per heavy atom. The Hall–Kier alpha value is -2.12. The number of rotatable bonds is 8. The van der Waals surface area contributed by atoms with E-state index in [1.165, 1.54) is 0 Å². The Balaban J connectivity index is 1.54. The Morgan fingerprint density at radius 2 is 0.680 bits per heavy atom. The van der Waals surface area contributed by atoms with Crippen LogP contribution in [0.15, 0.2) is 0 Å². The quantitative estimate of drug-likeness (QED) is 0.477. The summed E-state index contributed by atoms with van der Waals surface area (Å²) >= 11 is 0. The monoisotopic (exact) mass is 352 g/mol. The zero-order valence-corrected chi connectivity index (χ0v) is 13.7. The first-order valence-electron chi connectivity index (χ1n) is 8.87. The third kappa shape index (κ3) is 4.11. The van der Waals surface area contributed by atoms with Crippen molar-refractivity contribution in [2.45, 2.75) is 57.5 Å². The summed E-state index contributed by atoms with van der Waals surface area (Å²) in [5, 5.41) is 0. The summed E-state index contributed by atoms with van der Waals surface area (Å²) in [5.41, 5.74) is 0. The predicted octanol–water partition coefficient (Wildman–Crippen LogP) is 1.41. The summed E-state index contributed by atoms with van der Waals surface area (Å²) in [4.78, 5) is 48.5. The molecule has 136 valence electrons. The van der Waals surface area contributed by atoms with Gasteiger partial charge < -0.3 is 18.9 Å². The van der Waals surface area contributed by atoms with Gasteiger partial charge in [0.25, 0.3) is 0 Å². The van der Waals surface area contributed by atoms with Crippen LogP contribution in [-0.4, -0.2) is 30.0 Å². The van der Waals surface area contributed by atoms with Crippen LogP contribution in [0.3, 0.4) is 0 Å². The Bertz CT molecular complexity index is 501. The van der Waals surface area contributed by atoms with Crippen molar-refractivity contribution in [1.82, 2.24) is 0 Å². The maximum absolute atomic E-state index is 12.1. The topological polar surface area (TPSA) is 105 Å². The third-order valence-corrected chi connectivity index (χ3v) is 4.55. The predicted molar refractivity (Wildman–Crippen MR) is 78.0 cm³/mol. The van der Waals surface area contributed by atoms with Gasteiger partial charge in [-0.15, -0.1) is 0 Å². The van der Waals surface area contributed by atoms with E-state index in [-0.39, 0.29) is 23.7 Å². The highest BCUT2D eigenvalue weighted by Crippen LogP contribution is 2.39. The molecule has 8 nitrogen and oxygen atoms in total. The fourth-order valence-corrected chi connectivity index (χ4v) is 2.23. The molecule has 0 bridgehead atoms. The molecule has 4 aliphatic carbocycles. The van der Waals surface area contributed by atoms with E-state index in [1.807, 2.05) is 0 Å². The minimum atomic E-state index is -2.72. The van der Waals surface area contributed by atoms with Gasteiger partial charge >= 0.3 is 30.0 Å². The van der Waals surface area contributed by atoms with Gasteiger partial charge in [-0.3, -0.25) is 19.2 Å². The van der Waals surface area contributed by atoms with Gasteiger partial charge in [0.05, 0.1) is 23.7 Å². The normalized spacial score (nSPS) is 22.7. The lowest BCUT2D eigenvalue weighted by molar-refractivity contribution is -0.433. The van der Waals surface area contributed by atoms with Crippen LogP contribution in [0, 0.1) is 23.7 Å². The molecule has 0 amide bonds. The van der Waals surface area contributed by atoms with Crippen LogP contribution in [-0.2, 0) is 38.1 Å². The zero-order chi connectivity index (χ0) is 17.6. The molecule has 0 heterocycles. The van der Waals surface area contributed by atoms with Crippen LogP contribution in [0.5, 0.6) is 0 Å². The second-order valence-electron chi connectivity index (χ2n) is 7.28. The van der Waals surface area contributed by atoms with Gasteiger partial charge in [-0.05, 0) is 51.4 Å².